The van der Waals surface area contributed by atoms with E-state index in [0.29, 0.717) is 38.0 Å². The van der Waals surface area contributed by atoms with Gasteiger partial charge in [-0.3, -0.25) is 4.79 Å². The van der Waals surface area contributed by atoms with Gasteiger partial charge in [-0.1, -0.05) is 45.0 Å². The van der Waals surface area contributed by atoms with Gasteiger partial charge in [0.05, 0.1) is 10.6 Å². The van der Waals surface area contributed by atoms with E-state index in [-0.39, 0.29) is 27.9 Å². The van der Waals surface area contributed by atoms with Gasteiger partial charge in [-0.2, -0.15) is 0 Å². The van der Waals surface area contributed by atoms with Crippen LogP contribution in [-0.2, 0) is 5.41 Å². The van der Waals surface area contributed by atoms with Crippen molar-refractivity contribution in [3.05, 3.63) is 65.5 Å². The third-order valence-electron chi connectivity index (χ3n) is 6.37. The van der Waals surface area contributed by atoms with Crippen LogP contribution in [0.2, 0.25) is 0 Å². The highest BCUT2D eigenvalue weighted by Crippen LogP contribution is 2.44. The summed E-state index contributed by atoms with van der Waals surface area (Å²) < 4.78 is 13.9. The fraction of sp³-hybridized carbons (Fsp3) is 0.440. The summed E-state index contributed by atoms with van der Waals surface area (Å²) in [5, 5.41) is 2.66. The van der Waals surface area contributed by atoms with Crippen molar-refractivity contribution in [2.75, 3.05) is 30.7 Å². The number of halogens is 1. The first kappa shape index (κ1) is 22.6. The van der Waals surface area contributed by atoms with Crippen LogP contribution >= 0.6 is 11.8 Å². The molecule has 1 N–H and O–H groups in total. The molecule has 32 heavy (non-hydrogen) atoms. The lowest BCUT2D eigenvalue weighted by atomic mass is 9.86. The maximum absolute atomic E-state index is 13.9. The third-order valence-corrected chi connectivity index (χ3v) is 7.92. The van der Waals surface area contributed by atoms with Crippen LogP contribution in [0.25, 0.3) is 0 Å². The first-order valence-electron chi connectivity index (χ1n) is 11.1. The maximum atomic E-state index is 13.9. The van der Waals surface area contributed by atoms with E-state index in [1.165, 1.54) is 11.6 Å². The van der Waals surface area contributed by atoms with Gasteiger partial charge in [0, 0.05) is 31.0 Å². The van der Waals surface area contributed by atoms with Gasteiger partial charge in [0.15, 0.2) is 0 Å². The topological polar surface area (TPSA) is 52.7 Å². The first-order chi connectivity index (χ1) is 15.2. The summed E-state index contributed by atoms with van der Waals surface area (Å²) in [4.78, 5) is 29.4. The van der Waals surface area contributed by atoms with E-state index < -0.39 is 5.82 Å². The number of rotatable bonds is 2. The molecule has 0 bridgehead atoms. The molecule has 170 valence electrons. The van der Waals surface area contributed by atoms with Crippen molar-refractivity contribution in [2.45, 2.75) is 43.9 Å². The first-order valence-corrected chi connectivity index (χ1v) is 12.1. The van der Waals surface area contributed by atoms with Crippen LogP contribution in [0, 0.1) is 5.82 Å². The fourth-order valence-electron chi connectivity index (χ4n) is 4.39. The van der Waals surface area contributed by atoms with Crippen LogP contribution in [0.5, 0.6) is 0 Å². The number of amides is 3. The Balaban J connectivity index is 1.42. The van der Waals surface area contributed by atoms with Crippen LogP contribution in [0.15, 0.2) is 48.5 Å². The molecule has 2 aliphatic rings. The minimum Gasteiger partial charge on any atom is -0.324 e. The molecule has 2 aliphatic heterocycles. The predicted octanol–water partition coefficient (Wildman–Crippen LogP) is 5.34. The van der Waals surface area contributed by atoms with Crippen LogP contribution < -0.4 is 5.32 Å². The Bertz CT molecular complexity index is 995. The minimum atomic E-state index is -0.449. The Kier molecular flexibility index (Phi) is 6.21. The number of carbonyl (C=O) groups is 2. The molecule has 3 amide bonds. The second kappa shape index (κ2) is 8.77. The molecule has 0 saturated carbocycles. The number of carbonyl (C=O) groups excluding carboxylic acids is 2. The minimum absolute atomic E-state index is 0.0440. The van der Waals surface area contributed by atoms with Gasteiger partial charge in [-0.25, -0.2) is 9.18 Å². The smallest absolute Gasteiger partial charge is 0.321 e. The molecule has 2 saturated heterocycles. The van der Waals surface area contributed by atoms with E-state index in [4.69, 9.17) is 0 Å². The van der Waals surface area contributed by atoms with E-state index in [9.17, 15) is 14.0 Å². The number of anilines is 1. The molecule has 0 aromatic heterocycles. The number of nitrogens with zero attached hydrogens (tertiary/aromatic N) is 2. The third kappa shape index (κ3) is 4.49. The monoisotopic (exact) mass is 455 g/mol. The van der Waals surface area contributed by atoms with Gasteiger partial charge in [0.25, 0.3) is 5.91 Å². The molecule has 0 radical (unpaired) electrons. The molecule has 1 spiro atoms. The normalized spacial score (nSPS) is 18.1. The number of nitrogens with one attached hydrogen (secondary N) is 1. The van der Waals surface area contributed by atoms with Crippen molar-refractivity contribution in [1.82, 2.24) is 9.80 Å². The van der Waals surface area contributed by atoms with Gasteiger partial charge in [0.2, 0.25) is 0 Å². The Morgan fingerprint density at radius 3 is 2.28 bits per heavy atom. The average molecular weight is 456 g/mol. The lowest BCUT2D eigenvalue weighted by Crippen LogP contribution is -2.54. The molecule has 2 aromatic rings. The van der Waals surface area contributed by atoms with E-state index in [1.807, 2.05) is 40.9 Å². The molecule has 2 aromatic carbocycles. The maximum Gasteiger partial charge on any atom is 0.321 e. The summed E-state index contributed by atoms with van der Waals surface area (Å²) in [7, 11) is 0. The van der Waals surface area contributed by atoms with Gasteiger partial charge >= 0.3 is 6.03 Å². The summed E-state index contributed by atoms with van der Waals surface area (Å²) >= 11 is 1.81. The summed E-state index contributed by atoms with van der Waals surface area (Å²) in [6, 6.07) is 13.8. The Labute approximate surface area is 193 Å². The Hall–Kier alpha value is -2.54. The zero-order valence-electron chi connectivity index (χ0n) is 18.9. The Morgan fingerprint density at radius 2 is 1.66 bits per heavy atom. The molecule has 4 rings (SSSR count). The number of thioether (sulfide) groups is 1. The number of urea groups is 1. The molecule has 0 aliphatic carbocycles. The quantitative estimate of drug-likeness (QED) is 0.665. The van der Waals surface area contributed by atoms with Crippen LogP contribution in [0.1, 0.15) is 49.5 Å². The summed E-state index contributed by atoms with van der Waals surface area (Å²) in [5.41, 5.74) is 2.14. The van der Waals surface area contributed by atoms with Gasteiger partial charge in [0.1, 0.15) is 5.82 Å². The molecular formula is C25H30FN3O2S. The van der Waals surface area contributed by atoms with Crippen molar-refractivity contribution in [3.8, 4) is 0 Å². The number of likely N-dealkylation sites (tertiary alicyclic amines) is 1. The molecular weight excluding hydrogens is 425 g/mol. The van der Waals surface area contributed by atoms with Crippen LogP contribution in [0.3, 0.4) is 0 Å². The zero-order valence-corrected chi connectivity index (χ0v) is 19.7. The summed E-state index contributed by atoms with van der Waals surface area (Å²) in [5.74, 6) is 0.502. The highest BCUT2D eigenvalue weighted by Gasteiger charge is 2.47. The molecule has 2 fully saturated rings. The van der Waals surface area contributed by atoms with Crippen LogP contribution in [0.4, 0.5) is 14.9 Å². The second-order valence-electron chi connectivity index (χ2n) is 9.48. The van der Waals surface area contributed by atoms with E-state index in [2.05, 4.69) is 26.1 Å². The Morgan fingerprint density at radius 1 is 1.00 bits per heavy atom. The molecule has 7 heteroatoms. The van der Waals surface area contributed by atoms with Gasteiger partial charge < -0.3 is 15.1 Å². The van der Waals surface area contributed by atoms with Gasteiger partial charge in [-0.05, 0) is 48.1 Å². The van der Waals surface area contributed by atoms with Crippen molar-refractivity contribution < 1.29 is 14.0 Å². The molecule has 5 nitrogen and oxygen atoms in total. The lowest BCUT2D eigenvalue weighted by molar-refractivity contribution is 0.0585. The average Bonchev–Trinajstić information content (AvgIpc) is 3.17. The molecule has 2 heterocycles. The van der Waals surface area contributed by atoms with E-state index in [1.54, 1.807) is 23.1 Å². The van der Waals surface area contributed by atoms with Crippen LogP contribution in [-0.4, -0.2) is 52.0 Å². The lowest BCUT2D eigenvalue weighted by Gasteiger charge is -2.44. The van der Waals surface area contributed by atoms with E-state index in [0.717, 1.165) is 5.75 Å². The van der Waals surface area contributed by atoms with E-state index >= 15 is 0 Å². The fourth-order valence-corrected chi connectivity index (χ4v) is 5.85. The standard InChI is InChI=1S/C25H30FN3O2S/c1-24(2,3)19-10-8-18(9-11-19)22(30)29-16-17-32-25(29)12-14-28(15-13-25)23(31)27-21-7-5-4-6-20(21)26/h4-11H,12-17H2,1-3H3,(H,27,31). The molecule has 0 unspecified atom stereocenters. The SMILES string of the molecule is CC(C)(C)c1ccc(C(=O)N2CCSC23CCN(C(=O)Nc2ccccc2F)CC3)cc1. The number of hydrogen-bond donors (Lipinski definition) is 1. The van der Waals surface area contributed by atoms with Crippen molar-refractivity contribution in [2.24, 2.45) is 0 Å². The summed E-state index contributed by atoms with van der Waals surface area (Å²) in [6.07, 6.45) is 1.41. The van der Waals surface area contributed by atoms with Crippen molar-refractivity contribution in [1.29, 1.82) is 0 Å². The second-order valence-corrected chi connectivity index (χ2v) is 10.9. The van der Waals surface area contributed by atoms with Gasteiger partial charge in [-0.15, -0.1) is 11.8 Å². The van der Waals surface area contributed by atoms with Crippen molar-refractivity contribution >= 4 is 29.4 Å². The number of hydrogen-bond acceptors (Lipinski definition) is 3. The molecule has 0 atom stereocenters. The highest BCUT2D eigenvalue weighted by atomic mass is 32.2. The number of benzene rings is 2. The predicted molar refractivity (Wildman–Crippen MR) is 128 cm³/mol. The number of piperidine rings is 1. The summed E-state index contributed by atoms with van der Waals surface area (Å²) in [6.45, 7) is 8.25. The highest BCUT2D eigenvalue weighted by molar-refractivity contribution is 8.00. The zero-order chi connectivity index (χ0) is 22.9. The number of para-hydroxylation sites is 1. The van der Waals surface area contributed by atoms with Crippen molar-refractivity contribution in [3.63, 3.8) is 0 Å². The largest absolute Gasteiger partial charge is 0.324 e.